The van der Waals surface area contributed by atoms with Crippen LogP contribution in [-0.2, 0) is 10.8 Å². The highest BCUT2D eigenvalue weighted by Gasteiger charge is 2.52. The van der Waals surface area contributed by atoms with Crippen LogP contribution in [0.3, 0.4) is 0 Å². The second kappa shape index (κ2) is 16.8. The van der Waals surface area contributed by atoms with Gasteiger partial charge in [0.05, 0.1) is 10.8 Å². The molecule has 358 valence electrons. The van der Waals surface area contributed by atoms with Crippen molar-refractivity contribution in [2.75, 3.05) is 4.90 Å². The van der Waals surface area contributed by atoms with Crippen molar-refractivity contribution in [2.45, 2.75) is 10.8 Å². The molecule has 1 atom stereocenters. The van der Waals surface area contributed by atoms with Gasteiger partial charge in [-0.25, -0.2) is 0 Å². The van der Waals surface area contributed by atoms with Crippen molar-refractivity contribution in [1.29, 1.82) is 0 Å². The van der Waals surface area contributed by atoms with Crippen LogP contribution in [0, 0.1) is 0 Å². The van der Waals surface area contributed by atoms with Crippen LogP contribution in [0.25, 0.3) is 77.2 Å². The highest BCUT2D eigenvalue weighted by molar-refractivity contribution is 6.12. The van der Waals surface area contributed by atoms with Crippen LogP contribution in [-0.4, -0.2) is 0 Å². The topological polar surface area (TPSA) is 3.24 Å². The summed E-state index contributed by atoms with van der Waals surface area (Å²) in [6.07, 6.45) is 0. The molecule has 13 aromatic carbocycles. The van der Waals surface area contributed by atoms with Crippen LogP contribution in [0.1, 0.15) is 44.5 Å². The molecule has 16 rings (SSSR count). The molecule has 13 aromatic rings. The van der Waals surface area contributed by atoms with E-state index in [0.29, 0.717) is 0 Å². The lowest BCUT2D eigenvalue weighted by atomic mass is 9.60. The van der Waals surface area contributed by atoms with Crippen molar-refractivity contribution in [3.8, 4) is 55.6 Å². The first-order valence-electron chi connectivity index (χ1n) is 26.9. The lowest BCUT2D eigenvalue weighted by Gasteiger charge is -2.42. The van der Waals surface area contributed by atoms with Gasteiger partial charge in [-0.3, -0.25) is 0 Å². The maximum Gasteiger partial charge on any atom is 0.0732 e. The molecule has 0 saturated carbocycles. The van der Waals surface area contributed by atoms with Gasteiger partial charge in [-0.2, -0.15) is 0 Å². The lowest BCUT2D eigenvalue weighted by Crippen LogP contribution is -2.32. The van der Waals surface area contributed by atoms with E-state index >= 15 is 0 Å². The molecule has 0 fully saturated rings. The van der Waals surface area contributed by atoms with Crippen LogP contribution < -0.4 is 4.90 Å². The van der Waals surface area contributed by atoms with Crippen LogP contribution in [0.4, 0.5) is 17.1 Å². The lowest BCUT2D eigenvalue weighted by molar-refractivity contribution is 0.768. The molecule has 0 heterocycles. The van der Waals surface area contributed by atoms with Crippen molar-refractivity contribution < 1.29 is 0 Å². The Balaban J connectivity index is 0.997. The zero-order chi connectivity index (χ0) is 50.7. The fourth-order valence-corrected chi connectivity index (χ4v) is 14.3. The zero-order valence-corrected chi connectivity index (χ0v) is 42.2. The number of hydrogen-bond acceptors (Lipinski definition) is 1. The molecule has 0 aliphatic heterocycles. The summed E-state index contributed by atoms with van der Waals surface area (Å²) in [5.74, 6) is 0. The van der Waals surface area contributed by atoms with E-state index in [4.69, 9.17) is 0 Å². The molecule has 0 N–H and O–H groups in total. The molecule has 1 spiro atoms. The van der Waals surface area contributed by atoms with Crippen molar-refractivity contribution >= 4 is 38.6 Å². The Labute approximate surface area is 449 Å². The second-order valence-corrected chi connectivity index (χ2v) is 21.0. The molecular formula is C76H49N. The first-order valence-corrected chi connectivity index (χ1v) is 26.9. The number of anilines is 3. The molecule has 0 aromatic heterocycles. The highest BCUT2D eigenvalue weighted by Crippen LogP contribution is 2.65. The number of nitrogens with zero attached hydrogens (tertiary/aromatic N) is 1. The van der Waals surface area contributed by atoms with Gasteiger partial charge in [0.2, 0.25) is 0 Å². The van der Waals surface area contributed by atoms with Crippen LogP contribution >= 0.6 is 0 Å². The molecule has 1 unspecified atom stereocenters. The molecule has 77 heavy (non-hydrogen) atoms. The summed E-state index contributed by atoms with van der Waals surface area (Å²) >= 11 is 0. The quantitative estimate of drug-likeness (QED) is 0.154. The molecule has 1 nitrogen and oxygen atoms in total. The Kier molecular flexibility index (Phi) is 9.53. The summed E-state index contributed by atoms with van der Waals surface area (Å²) in [6, 6.07) is 112. The van der Waals surface area contributed by atoms with Crippen molar-refractivity contribution in [3.63, 3.8) is 0 Å². The molecular weight excluding hydrogens is 927 g/mol. The number of benzene rings is 13. The Morgan fingerprint density at radius 2 is 0.649 bits per heavy atom. The second-order valence-electron chi connectivity index (χ2n) is 21.0. The largest absolute Gasteiger partial charge is 0.310 e. The van der Waals surface area contributed by atoms with E-state index in [1.54, 1.807) is 0 Å². The predicted molar refractivity (Wildman–Crippen MR) is 321 cm³/mol. The monoisotopic (exact) mass is 975 g/mol. The van der Waals surface area contributed by atoms with Gasteiger partial charge in [-0.05, 0) is 158 Å². The van der Waals surface area contributed by atoms with Gasteiger partial charge in [-0.15, -0.1) is 0 Å². The normalized spacial score (nSPS) is 14.9. The third-order valence-electron chi connectivity index (χ3n) is 17.3. The molecule has 3 aliphatic rings. The third kappa shape index (κ3) is 6.11. The van der Waals surface area contributed by atoms with Crippen molar-refractivity contribution in [1.82, 2.24) is 0 Å². The number of fused-ring (bicyclic) bond motifs is 13. The third-order valence-corrected chi connectivity index (χ3v) is 17.3. The zero-order valence-electron chi connectivity index (χ0n) is 42.2. The Morgan fingerprint density at radius 1 is 0.234 bits per heavy atom. The van der Waals surface area contributed by atoms with Crippen molar-refractivity contribution in [3.05, 3.63) is 342 Å². The number of hydrogen-bond donors (Lipinski definition) is 0. The van der Waals surface area contributed by atoms with Crippen LogP contribution in [0.5, 0.6) is 0 Å². The van der Waals surface area contributed by atoms with Gasteiger partial charge in [0.15, 0.2) is 0 Å². The van der Waals surface area contributed by atoms with Gasteiger partial charge < -0.3 is 4.90 Å². The van der Waals surface area contributed by atoms with Gasteiger partial charge >= 0.3 is 0 Å². The van der Waals surface area contributed by atoms with E-state index in [2.05, 4.69) is 302 Å². The maximum atomic E-state index is 2.56. The summed E-state index contributed by atoms with van der Waals surface area (Å²) in [5.41, 5.74) is 24.8. The summed E-state index contributed by atoms with van der Waals surface area (Å²) < 4.78 is 0. The summed E-state index contributed by atoms with van der Waals surface area (Å²) in [4.78, 5) is 2.52. The Hall–Kier alpha value is -9.82. The standard InChI is InChI=1S/C76H49N/c1-4-20-50(21-5-1)51-38-41-56(42-39-51)77(57-43-46-64-61-30-12-15-35-68(61)75(71(64)48-57,54-25-6-2-7-26-54)55-27-8-3-9-28-55)58-44-47-65-62-31-13-16-36-69(62)76(72(65)49-58)70-37-17-14-32-63(70)66-34-19-24-53-40-45-67(74(76)73(53)66)60-33-18-23-52-22-10-11-29-59(52)60/h1-49H. The smallest absolute Gasteiger partial charge is 0.0732 e. The highest BCUT2D eigenvalue weighted by atomic mass is 15.1. The SMILES string of the molecule is c1ccc(-c2ccc(N(c3ccc4c(c3)C(c3ccccc3)(c3ccccc3)c3ccccc3-4)c3ccc4c(c3)C3(c5ccccc5-4)c4ccccc4-c4cccc5ccc(-c6cccc7ccccc67)c3c45)cc2)cc1. The first-order chi connectivity index (χ1) is 38.2. The van der Waals surface area contributed by atoms with E-state index in [9.17, 15) is 0 Å². The minimum Gasteiger partial charge on any atom is -0.310 e. The van der Waals surface area contributed by atoms with E-state index in [1.165, 1.54) is 122 Å². The van der Waals surface area contributed by atoms with Crippen LogP contribution in [0.2, 0.25) is 0 Å². The minimum absolute atomic E-state index is 0.563. The summed E-state index contributed by atoms with van der Waals surface area (Å²) in [7, 11) is 0. The predicted octanol–water partition coefficient (Wildman–Crippen LogP) is 19.5. The van der Waals surface area contributed by atoms with Gasteiger partial charge in [0.25, 0.3) is 0 Å². The average molecular weight is 976 g/mol. The molecule has 0 radical (unpaired) electrons. The maximum absolute atomic E-state index is 2.56. The van der Waals surface area contributed by atoms with Crippen LogP contribution in [0.15, 0.2) is 297 Å². The number of rotatable bonds is 7. The van der Waals surface area contributed by atoms with Gasteiger partial charge in [0.1, 0.15) is 0 Å². The van der Waals surface area contributed by atoms with E-state index in [-0.39, 0.29) is 0 Å². The fourth-order valence-electron chi connectivity index (χ4n) is 14.3. The van der Waals surface area contributed by atoms with E-state index < -0.39 is 10.8 Å². The van der Waals surface area contributed by atoms with Gasteiger partial charge in [-0.1, -0.05) is 261 Å². The average Bonchev–Trinajstić information content (AvgIpc) is 4.22. The summed E-state index contributed by atoms with van der Waals surface area (Å²) in [5, 5.41) is 5.05. The Morgan fingerprint density at radius 3 is 1.27 bits per heavy atom. The minimum atomic E-state index is -0.684. The fraction of sp³-hybridized carbons (Fsp3) is 0.0263. The molecule has 3 aliphatic carbocycles. The van der Waals surface area contributed by atoms with Crippen molar-refractivity contribution in [2.24, 2.45) is 0 Å². The molecule has 0 amide bonds. The van der Waals surface area contributed by atoms with Gasteiger partial charge in [0, 0.05) is 17.1 Å². The first kappa shape index (κ1) is 43.6. The van der Waals surface area contributed by atoms with E-state index in [0.717, 1.165) is 17.1 Å². The molecule has 1 heteroatoms. The van der Waals surface area contributed by atoms with E-state index in [1.807, 2.05) is 0 Å². The molecule has 0 saturated heterocycles. The Bertz CT molecular complexity index is 4450. The summed E-state index contributed by atoms with van der Waals surface area (Å²) in [6.45, 7) is 0. The molecule has 0 bridgehead atoms.